The molecule has 0 aromatic carbocycles. The largest absolute Gasteiger partial charge is 0.478 e. The number of carbonyl (C=O) groups is 1. The molecule has 108 valence electrons. The van der Waals surface area contributed by atoms with Gasteiger partial charge >= 0.3 is 5.97 Å². The minimum atomic E-state index is -0.837. The molecular formula is C13H27NO2S2. The molecule has 0 radical (unpaired) electrons. The zero-order valence-electron chi connectivity index (χ0n) is 11.9. The molecule has 0 spiro atoms. The topological polar surface area (TPSA) is 49.3 Å². The van der Waals surface area contributed by atoms with Gasteiger partial charge in [0.25, 0.3) is 0 Å². The zero-order valence-corrected chi connectivity index (χ0v) is 13.7. The second-order valence-corrected chi connectivity index (χ2v) is 5.85. The first-order chi connectivity index (χ1) is 8.24. The van der Waals surface area contributed by atoms with Crippen molar-refractivity contribution in [3.63, 3.8) is 0 Å². The van der Waals surface area contributed by atoms with E-state index in [1.54, 1.807) is 13.0 Å². The average Bonchev–Trinajstić information content (AvgIpc) is 2.24. The highest BCUT2D eigenvalue weighted by Crippen LogP contribution is 1.99. The maximum absolute atomic E-state index is 10.4. The Kier molecular flexibility index (Phi) is 13.4. The molecule has 0 aliphatic rings. The summed E-state index contributed by atoms with van der Waals surface area (Å²) in [5.41, 5.74) is 0.515. The van der Waals surface area contributed by atoms with E-state index in [4.69, 9.17) is 5.11 Å². The summed E-state index contributed by atoms with van der Waals surface area (Å²) in [6, 6.07) is 0. The Balaban J connectivity index is 0. The number of thiol groups is 2. The summed E-state index contributed by atoms with van der Waals surface area (Å²) in [4.78, 5) is 10.4. The van der Waals surface area contributed by atoms with E-state index in [2.05, 4.69) is 51.3 Å². The summed E-state index contributed by atoms with van der Waals surface area (Å²) in [6.45, 7) is 8.68. The van der Waals surface area contributed by atoms with Gasteiger partial charge in [0.05, 0.1) is 0 Å². The van der Waals surface area contributed by atoms with Crippen molar-refractivity contribution in [3.05, 3.63) is 11.6 Å². The van der Waals surface area contributed by atoms with Crippen LogP contribution in [-0.2, 0) is 4.79 Å². The smallest absolute Gasteiger partial charge is 0.330 e. The predicted molar refractivity (Wildman–Crippen MR) is 86.1 cm³/mol. The Morgan fingerprint density at radius 2 is 1.78 bits per heavy atom. The molecule has 0 heterocycles. The lowest BCUT2D eigenvalue weighted by Gasteiger charge is -2.19. The normalized spacial score (nSPS) is 11.8. The van der Waals surface area contributed by atoms with Crippen LogP contribution in [0.1, 0.15) is 40.5 Å². The van der Waals surface area contributed by atoms with Crippen LogP contribution in [0.25, 0.3) is 0 Å². The lowest BCUT2D eigenvalue weighted by molar-refractivity contribution is -0.132. The Bertz CT molecular complexity index is 246. The first-order valence-corrected chi connectivity index (χ1v) is 7.38. The molecule has 0 aliphatic carbocycles. The van der Waals surface area contributed by atoms with Gasteiger partial charge < -0.3 is 10.4 Å². The second-order valence-electron chi connectivity index (χ2n) is 4.96. The van der Waals surface area contributed by atoms with Gasteiger partial charge in [-0.1, -0.05) is 6.08 Å². The van der Waals surface area contributed by atoms with E-state index in [9.17, 15) is 4.79 Å². The molecule has 0 aromatic heterocycles. The van der Waals surface area contributed by atoms with Crippen molar-refractivity contribution >= 4 is 31.2 Å². The first-order valence-electron chi connectivity index (χ1n) is 6.11. The molecule has 0 unspecified atom stereocenters. The van der Waals surface area contributed by atoms with Crippen LogP contribution in [0.4, 0.5) is 0 Å². The van der Waals surface area contributed by atoms with Gasteiger partial charge in [0.2, 0.25) is 0 Å². The number of nitrogens with one attached hydrogen (secondary N) is 1. The van der Waals surface area contributed by atoms with E-state index in [-0.39, 0.29) is 5.54 Å². The van der Waals surface area contributed by atoms with Crippen LogP contribution in [0.2, 0.25) is 0 Å². The number of rotatable bonds is 6. The fraction of sp³-hybridized carbons (Fsp3) is 0.769. The quantitative estimate of drug-likeness (QED) is 0.346. The molecule has 0 rings (SSSR count). The van der Waals surface area contributed by atoms with E-state index in [0.29, 0.717) is 5.57 Å². The van der Waals surface area contributed by atoms with Crippen molar-refractivity contribution in [2.24, 2.45) is 0 Å². The third-order valence-electron chi connectivity index (χ3n) is 1.90. The Labute approximate surface area is 122 Å². The van der Waals surface area contributed by atoms with Gasteiger partial charge in [-0.05, 0) is 58.6 Å². The minimum Gasteiger partial charge on any atom is -0.478 e. The Morgan fingerprint density at radius 1 is 1.28 bits per heavy atom. The minimum absolute atomic E-state index is 0.102. The third-order valence-corrected chi connectivity index (χ3v) is 2.54. The van der Waals surface area contributed by atoms with E-state index < -0.39 is 5.97 Å². The van der Waals surface area contributed by atoms with Gasteiger partial charge in [-0.2, -0.15) is 25.3 Å². The lowest BCUT2D eigenvalue weighted by Crippen LogP contribution is -2.36. The number of carboxylic acid groups (broad SMARTS) is 1. The van der Waals surface area contributed by atoms with Crippen LogP contribution in [0.5, 0.6) is 0 Å². The van der Waals surface area contributed by atoms with E-state index in [0.717, 1.165) is 30.9 Å². The van der Waals surface area contributed by atoms with Gasteiger partial charge in [0.1, 0.15) is 0 Å². The molecule has 0 aromatic rings. The van der Waals surface area contributed by atoms with Crippen LogP contribution in [0.15, 0.2) is 11.6 Å². The van der Waals surface area contributed by atoms with Gasteiger partial charge in [-0.3, -0.25) is 0 Å². The number of aliphatic carboxylic acids is 1. The number of carboxylic acids is 1. The Hall–Kier alpha value is -0.130. The highest BCUT2D eigenvalue weighted by Gasteiger charge is 2.06. The maximum atomic E-state index is 10.4. The lowest BCUT2D eigenvalue weighted by atomic mass is 10.1. The van der Waals surface area contributed by atoms with Crippen LogP contribution >= 0.6 is 25.3 Å². The molecule has 5 heteroatoms. The highest BCUT2D eigenvalue weighted by molar-refractivity contribution is 7.81. The van der Waals surface area contributed by atoms with Crippen molar-refractivity contribution in [1.82, 2.24) is 5.32 Å². The predicted octanol–water partition coefficient (Wildman–Crippen LogP) is 3.03. The van der Waals surface area contributed by atoms with Crippen LogP contribution in [-0.4, -0.2) is 34.7 Å². The molecule has 0 aliphatic heterocycles. The van der Waals surface area contributed by atoms with Crippen molar-refractivity contribution in [3.8, 4) is 0 Å². The van der Waals surface area contributed by atoms with Gasteiger partial charge in [0.15, 0.2) is 0 Å². The molecule has 0 saturated carbocycles. The first kappa shape index (κ1) is 20.2. The van der Waals surface area contributed by atoms with Crippen LogP contribution in [0.3, 0.4) is 0 Å². The van der Waals surface area contributed by atoms with E-state index >= 15 is 0 Å². The Morgan fingerprint density at radius 3 is 2.06 bits per heavy atom. The van der Waals surface area contributed by atoms with Crippen molar-refractivity contribution in [2.45, 2.75) is 46.1 Å². The maximum Gasteiger partial charge on any atom is 0.330 e. The number of hydrogen-bond acceptors (Lipinski definition) is 4. The molecule has 2 N–H and O–H groups in total. The number of hydrogen-bond donors (Lipinski definition) is 4. The van der Waals surface area contributed by atoms with Gasteiger partial charge in [-0.25, -0.2) is 4.79 Å². The average molecular weight is 293 g/mol. The van der Waals surface area contributed by atoms with Gasteiger partial charge in [-0.15, -0.1) is 0 Å². The highest BCUT2D eigenvalue weighted by atomic mass is 32.1. The third kappa shape index (κ3) is 18.2. The molecular weight excluding hydrogens is 266 g/mol. The van der Waals surface area contributed by atoms with Gasteiger partial charge in [0, 0.05) is 11.1 Å². The molecule has 0 amide bonds. The van der Waals surface area contributed by atoms with Crippen molar-refractivity contribution < 1.29 is 9.90 Å². The molecule has 3 nitrogen and oxygen atoms in total. The van der Waals surface area contributed by atoms with Crippen LogP contribution < -0.4 is 5.32 Å². The summed E-state index contributed by atoms with van der Waals surface area (Å²) < 4.78 is 0. The van der Waals surface area contributed by atoms with Crippen LogP contribution in [0, 0.1) is 0 Å². The fourth-order valence-corrected chi connectivity index (χ4v) is 1.46. The molecule has 0 fully saturated rings. The monoisotopic (exact) mass is 293 g/mol. The summed E-state index contributed by atoms with van der Waals surface area (Å²) in [6.07, 6.45) is 3.61. The molecule has 0 bridgehead atoms. The molecule has 0 atom stereocenters. The molecule has 18 heavy (non-hydrogen) atoms. The van der Waals surface area contributed by atoms with Crippen molar-refractivity contribution in [2.75, 3.05) is 18.1 Å². The van der Waals surface area contributed by atoms with E-state index in [1.807, 2.05) is 0 Å². The summed E-state index contributed by atoms with van der Waals surface area (Å²) in [5.74, 6) is 1.09. The SMILES string of the molecule is CC(=CCCNC(C)(C)C)C(=O)O.SCCCS. The summed E-state index contributed by atoms with van der Waals surface area (Å²) in [5, 5.41) is 11.8. The second kappa shape index (κ2) is 11.9. The van der Waals surface area contributed by atoms with E-state index in [1.165, 1.54) is 0 Å². The standard InChI is InChI=1S/C10H19NO2.C3H8S2/c1-8(9(12)13)6-5-7-11-10(2,3)4;4-2-1-3-5/h6,11H,5,7H2,1-4H3,(H,12,13);4-5H,1-3H2. The summed E-state index contributed by atoms with van der Waals surface area (Å²) in [7, 11) is 0. The zero-order chi connectivity index (χ0) is 14.6. The summed E-state index contributed by atoms with van der Waals surface area (Å²) >= 11 is 7.90. The molecule has 0 saturated heterocycles. The fourth-order valence-electron chi connectivity index (χ4n) is 0.894. The van der Waals surface area contributed by atoms with Crippen molar-refractivity contribution in [1.29, 1.82) is 0 Å².